The van der Waals surface area contributed by atoms with Gasteiger partial charge in [0.15, 0.2) is 5.78 Å². The molecule has 18 heavy (non-hydrogen) atoms. The van der Waals surface area contributed by atoms with Crippen LogP contribution < -0.4 is 0 Å². The predicted octanol–water partition coefficient (Wildman–Crippen LogP) is 3.76. The zero-order valence-electron chi connectivity index (χ0n) is 11.0. The van der Waals surface area contributed by atoms with Crippen molar-refractivity contribution < 1.29 is 9.59 Å². The van der Waals surface area contributed by atoms with Crippen LogP contribution in [0.2, 0.25) is 0 Å². The highest BCUT2D eigenvalue weighted by Gasteiger charge is 2.24. The summed E-state index contributed by atoms with van der Waals surface area (Å²) in [7, 11) is 0. The van der Waals surface area contributed by atoms with E-state index < -0.39 is 0 Å². The van der Waals surface area contributed by atoms with Crippen LogP contribution in [0, 0.1) is 5.92 Å². The molecule has 0 heterocycles. The van der Waals surface area contributed by atoms with Crippen molar-refractivity contribution in [1.82, 2.24) is 0 Å². The van der Waals surface area contributed by atoms with Gasteiger partial charge in [0.05, 0.1) is 0 Å². The fourth-order valence-electron chi connectivity index (χ4n) is 3.11. The summed E-state index contributed by atoms with van der Waals surface area (Å²) in [6, 6.07) is 0. The molecule has 1 saturated carbocycles. The molecule has 98 valence electrons. The maximum absolute atomic E-state index is 11.4. The Labute approximate surface area is 109 Å². The van der Waals surface area contributed by atoms with Gasteiger partial charge in [0.1, 0.15) is 6.29 Å². The van der Waals surface area contributed by atoms with Gasteiger partial charge >= 0.3 is 0 Å². The molecule has 2 rings (SSSR count). The molecule has 2 nitrogen and oxygen atoms in total. The van der Waals surface area contributed by atoms with E-state index in [0.29, 0.717) is 18.8 Å². The third-order valence-corrected chi connectivity index (χ3v) is 4.04. The van der Waals surface area contributed by atoms with Crippen LogP contribution >= 0.6 is 0 Å². The van der Waals surface area contributed by atoms with Gasteiger partial charge in [0.25, 0.3) is 0 Å². The van der Waals surface area contributed by atoms with E-state index in [1.54, 1.807) is 0 Å². The molecule has 0 radical (unpaired) electrons. The van der Waals surface area contributed by atoms with Gasteiger partial charge in [-0.1, -0.05) is 18.9 Å². The van der Waals surface area contributed by atoms with Crippen LogP contribution in [0.5, 0.6) is 0 Å². The van der Waals surface area contributed by atoms with Crippen molar-refractivity contribution in [2.75, 3.05) is 0 Å². The second kappa shape index (κ2) is 6.67. The Morgan fingerprint density at radius 2 is 2.17 bits per heavy atom. The van der Waals surface area contributed by atoms with E-state index in [2.05, 4.69) is 6.08 Å². The molecule has 0 amide bonds. The molecule has 0 bridgehead atoms. The molecule has 0 aliphatic heterocycles. The molecule has 2 heteroatoms. The highest BCUT2D eigenvalue weighted by atomic mass is 16.1. The molecular weight excluding hydrogens is 224 g/mol. The summed E-state index contributed by atoms with van der Waals surface area (Å²) in [5, 5.41) is 0. The van der Waals surface area contributed by atoms with Crippen molar-refractivity contribution in [3.8, 4) is 0 Å². The molecule has 1 unspecified atom stereocenters. The first-order valence-electron chi connectivity index (χ1n) is 7.18. The van der Waals surface area contributed by atoms with Crippen molar-refractivity contribution in [3.05, 3.63) is 23.3 Å². The van der Waals surface area contributed by atoms with E-state index in [9.17, 15) is 9.59 Å². The standard InChI is InChI=1S/C16H22O2/c17-11-4-2-1-3-6-13-7-5-8-14-12-15(18)9-10-16(13)14/h10-13H,1-9H2. The largest absolute Gasteiger partial charge is 0.303 e. The second-order valence-corrected chi connectivity index (χ2v) is 5.39. The first-order chi connectivity index (χ1) is 8.81. The Hall–Kier alpha value is -1.18. The molecule has 2 aliphatic rings. The number of aldehydes is 1. The smallest absolute Gasteiger partial charge is 0.159 e. The van der Waals surface area contributed by atoms with Crippen molar-refractivity contribution in [3.63, 3.8) is 0 Å². The first kappa shape index (κ1) is 13.3. The predicted molar refractivity (Wildman–Crippen MR) is 72.3 cm³/mol. The SMILES string of the molecule is O=CCCCCCC1CCCC2=CC(=O)CC=C21. The maximum Gasteiger partial charge on any atom is 0.159 e. The normalized spacial score (nSPS) is 23.1. The van der Waals surface area contributed by atoms with Crippen LogP contribution in [-0.2, 0) is 9.59 Å². The number of hydrogen-bond acceptors (Lipinski definition) is 2. The summed E-state index contributed by atoms with van der Waals surface area (Å²) >= 11 is 0. The van der Waals surface area contributed by atoms with Gasteiger partial charge in [-0.25, -0.2) is 0 Å². The molecule has 0 aromatic carbocycles. The number of allylic oxidation sites excluding steroid dienone is 4. The van der Waals surface area contributed by atoms with Crippen LogP contribution in [0.1, 0.15) is 57.8 Å². The Kier molecular flexibility index (Phi) is 4.91. The summed E-state index contributed by atoms with van der Waals surface area (Å²) < 4.78 is 0. The molecule has 1 fully saturated rings. The first-order valence-corrected chi connectivity index (χ1v) is 7.18. The van der Waals surface area contributed by atoms with Crippen LogP contribution in [-0.4, -0.2) is 12.1 Å². The lowest BCUT2D eigenvalue weighted by atomic mass is 9.75. The molecule has 1 atom stereocenters. The Balaban J connectivity index is 1.83. The molecule has 0 aromatic rings. The zero-order chi connectivity index (χ0) is 12.8. The molecule has 0 saturated heterocycles. The van der Waals surface area contributed by atoms with E-state index in [-0.39, 0.29) is 5.78 Å². The molecule has 0 aromatic heterocycles. The minimum absolute atomic E-state index is 0.264. The maximum atomic E-state index is 11.4. The van der Waals surface area contributed by atoms with Gasteiger partial charge in [-0.05, 0) is 55.2 Å². The van der Waals surface area contributed by atoms with Crippen molar-refractivity contribution in [1.29, 1.82) is 0 Å². The minimum Gasteiger partial charge on any atom is -0.303 e. The summed E-state index contributed by atoms with van der Waals surface area (Å²) in [4.78, 5) is 21.6. The molecular formula is C16H22O2. The Bertz CT molecular complexity index is 377. The highest BCUT2D eigenvalue weighted by molar-refractivity contribution is 5.93. The quantitative estimate of drug-likeness (QED) is 0.528. The Morgan fingerprint density at radius 3 is 3.00 bits per heavy atom. The summed E-state index contributed by atoms with van der Waals surface area (Å²) in [6.45, 7) is 0. The minimum atomic E-state index is 0.264. The van der Waals surface area contributed by atoms with E-state index in [1.165, 1.54) is 36.8 Å². The lowest BCUT2D eigenvalue weighted by Crippen LogP contribution is -2.16. The zero-order valence-corrected chi connectivity index (χ0v) is 11.0. The average molecular weight is 246 g/mol. The second-order valence-electron chi connectivity index (χ2n) is 5.39. The van der Waals surface area contributed by atoms with Crippen LogP contribution in [0.4, 0.5) is 0 Å². The number of carbonyl (C=O) groups is 2. The van der Waals surface area contributed by atoms with E-state index in [1.807, 2.05) is 6.08 Å². The lowest BCUT2D eigenvalue weighted by molar-refractivity contribution is -0.114. The number of ketones is 1. The van der Waals surface area contributed by atoms with Gasteiger partial charge in [-0.2, -0.15) is 0 Å². The highest BCUT2D eigenvalue weighted by Crippen LogP contribution is 2.38. The van der Waals surface area contributed by atoms with Gasteiger partial charge in [-0.3, -0.25) is 4.79 Å². The third-order valence-electron chi connectivity index (χ3n) is 4.04. The van der Waals surface area contributed by atoms with Crippen LogP contribution in [0.15, 0.2) is 23.3 Å². The van der Waals surface area contributed by atoms with Gasteiger partial charge in [-0.15, -0.1) is 0 Å². The molecule has 0 spiro atoms. The van der Waals surface area contributed by atoms with Gasteiger partial charge in [0, 0.05) is 12.8 Å². The van der Waals surface area contributed by atoms with Crippen LogP contribution in [0.25, 0.3) is 0 Å². The van der Waals surface area contributed by atoms with Crippen LogP contribution in [0.3, 0.4) is 0 Å². The molecule has 0 N–H and O–H groups in total. The molecule has 2 aliphatic carbocycles. The topological polar surface area (TPSA) is 34.1 Å². The van der Waals surface area contributed by atoms with Crippen molar-refractivity contribution in [2.24, 2.45) is 5.92 Å². The van der Waals surface area contributed by atoms with E-state index >= 15 is 0 Å². The number of hydrogen-bond donors (Lipinski definition) is 0. The Morgan fingerprint density at radius 1 is 1.28 bits per heavy atom. The number of carbonyl (C=O) groups excluding carboxylic acids is 2. The van der Waals surface area contributed by atoms with Crippen molar-refractivity contribution >= 4 is 12.1 Å². The van der Waals surface area contributed by atoms with E-state index in [4.69, 9.17) is 0 Å². The van der Waals surface area contributed by atoms with Gasteiger partial charge in [0.2, 0.25) is 0 Å². The fraction of sp³-hybridized carbons (Fsp3) is 0.625. The van der Waals surface area contributed by atoms with Crippen molar-refractivity contribution in [2.45, 2.75) is 57.8 Å². The summed E-state index contributed by atoms with van der Waals surface area (Å²) in [5.41, 5.74) is 2.76. The van der Waals surface area contributed by atoms with E-state index in [0.717, 1.165) is 25.5 Å². The average Bonchev–Trinajstić information content (AvgIpc) is 2.38. The monoisotopic (exact) mass is 246 g/mol. The summed E-state index contributed by atoms with van der Waals surface area (Å²) in [6.07, 6.45) is 14.5. The fourth-order valence-corrected chi connectivity index (χ4v) is 3.11. The number of fused-ring (bicyclic) bond motifs is 1. The van der Waals surface area contributed by atoms with Gasteiger partial charge < -0.3 is 4.79 Å². The number of unbranched alkanes of at least 4 members (excludes halogenated alkanes) is 3. The summed E-state index contributed by atoms with van der Waals surface area (Å²) in [5.74, 6) is 0.926. The number of rotatable bonds is 6. The lowest BCUT2D eigenvalue weighted by Gasteiger charge is -2.29. The third kappa shape index (κ3) is 3.41.